The number of nitrogens with zero attached hydrogens (tertiary/aromatic N) is 1. The van der Waals surface area contributed by atoms with Crippen LogP contribution in [0.25, 0.3) is 0 Å². The van der Waals surface area contributed by atoms with Gasteiger partial charge in [-0.15, -0.1) is 0 Å². The van der Waals surface area contributed by atoms with Gasteiger partial charge in [-0.25, -0.2) is 0 Å². The predicted octanol–water partition coefficient (Wildman–Crippen LogP) is 4.22. The zero-order chi connectivity index (χ0) is 16.3. The normalized spacial score (nSPS) is 11.8. The number of halogens is 4. The van der Waals surface area contributed by atoms with E-state index in [0.717, 1.165) is 24.3 Å². The van der Waals surface area contributed by atoms with Gasteiger partial charge in [-0.05, 0) is 30.3 Å². The zero-order valence-electron chi connectivity index (χ0n) is 10.9. The molecular weight excluding hydrogens is 321 g/mol. The number of alkyl halides is 3. The number of phenols is 2. The topological polar surface area (TPSA) is 64.9 Å². The van der Waals surface area contributed by atoms with Crippen LogP contribution < -0.4 is 5.43 Å². The molecule has 4 nitrogen and oxygen atoms in total. The van der Waals surface area contributed by atoms with Gasteiger partial charge in [-0.1, -0.05) is 11.6 Å². The minimum absolute atomic E-state index is 0.0222. The molecule has 3 N–H and O–H groups in total. The Labute approximate surface area is 128 Å². The van der Waals surface area contributed by atoms with Gasteiger partial charge in [0.25, 0.3) is 0 Å². The first kappa shape index (κ1) is 16.0. The van der Waals surface area contributed by atoms with Crippen molar-refractivity contribution in [1.82, 2.24) is 0 Å². The van der Waals surface area contributed by atoms with E-state index in [1.807, 2.05) is 0 Å². The van der Waals surface area contributed by atoms with E-state index in [0.29, 0.717) is 0 Å². The second-order valence-corrected chi connectivity index (χ2v) is 4.71. The molecule has 0 fully saturated rings. The highest BCUT2D eigenvalue weighted by molar-refractivity contribution is 6.33. The molecule has 0 aliphatic carbocycles. The van der Waals surface area contributed by atoms with Gasteiger partial charge in [0.05, 0.1) is 22.5 Å². The molecule has 0 heterocycles. The fraction of sp³-hybridized carbons (Fsp3) is 0.0714. The van der Waals surface area contributed by atoms with E-state index in [1.165, 1.54) is 18.3 Å². The lowest BCUT2D eigenvalue weighted by molar-refractivity contribution is -0.137. The van der Waals surface area contributed by atoms with Gasteiger partial charge in [0.15, 0.2) is 0 Å². The highest BCUT2D eigenvalue weighted by Gasteiger charge is 2.30. The summed E-state index contributed by atoms with van der Waals surface area (Å²) in [6.07, 6.45) is -3.30. The van der Waals surface area contributed by atoms with E-state index < -0.39 is 11.7 Å². The Balaban J connectivity index is 2.19. The lowest BCUT2D eigenvalue weighted by Crippen LogP contribution is -2.05. The van der Waals surface area contributed by atoms with Crippen LogP contribution >= 0.6 is 11.6 Å². The summed E-state index contributed by atoms with van der Waals surface area (Å²) in [5.74, 6) is -0.343. The third-order valence-corrected chi connectivity index (χ3v) is 3.03. The van der Waals surface area contributed by atoms with Crippen LogP contribution in [0.5, 0.6) is 11.5 Å². The number of benzene rings is 2. The number of rotatable bonds is 3. The Hall–Kier alpha value is -2.41. The predicted molar refractivity (Wildman–Crippen MR) is 77.4 cm³/mol. The van der Waals surface area contributed by atoms with Crippen molar-refractivity contribution in [3.05, 3.63) is 52.5 Å². The van der Waals surface area contributed by atoms with Gasteiger partial charge in [0, 0.05) is 11.6 Å². The van der Waals surface area contributed by atoms with Gasteiger partial charge in [-0.3, -0.25) is 5.43 Å². The third kappa shape index (κ3) is 3.82. The standard InChI is InChI=1S/C14H10ClF3N2O2/c15-11-4-2-9(14(16,17)18)5-12(11)20-19-7-8-1-3-10(21)6-13(8)22/h1-7,20-22H/b19-7+. The Bertz CT molecular complexity index is 718. The van der Waals surface area contributed by atoms with Gasteiger partial charge < -0.3 is 10.2 Å². The van der Waals surface area contributed by atoms with E-state index in [-0.39, 0.29) is 27.8 Å². The highest BCUT2D eigenvalue weighted by Crippen LogP contribution is 2.33. The average Bonchev–Trinajstić information content (AvgIpc) is 2.42. The molecule has 0 saturated carbocycles. The van der Waals surface area contributed by atoms with Crippen LogP contribution in [0.15, 0.2) is 41.5 Å². The van der Waals surface area contributed by atoms with Crippen molar-refractivity contribution in [1.29, 1.82) is 0 Å². The maximum absolute atomic E-state index is 12.6. The Morgan fingerprint density at radius 1 is 1.09 bits per heavy atom. The molecule has 0 aliphatic rings. The lowest BCUT2D eigenvalue weighted by Gasteiger charge is -2.09. The molecule has 116 valence electrons. The number of phenolic OH excluding ortho intramolecular Hbond substituents is 2. The zero-order valence-corrected chi connectivity index (χ0v) is 11.7. The van der Waals surface area contributed by atoms with E-state index in [2.05, 4.69) is 10.5 Å². The number of anilines is 1. The number of aromatic hydroxyl groups is 2. The SMILES string of the molecule is Oc1ccc(/C=N/Nc2cc(C(F)(F)F)ccc2Cl)c(O)c1. The highest BCUT2D eigenvalue weighted by atomic mass is 35.5. The van der Waals surface area contributed by atoms with Crippen molar-refractivity contribution < 1.29 is 23.4 Å². The van der Waals surface area contributed by atoms with Crippen molar-refractivity contribution in [3.63, 3.8) is 0 Å². The molecule has 8 heteroatoms. The van der Waals surface area contributed by atoms with Crippen LogP contribution in [-0.2, 0) is 6.18 Å². The van der Waals surface area contributed by atoms with Crippen LogP contribution in [0.1, 0.15) is 11.1 Å². The summed E-state index contributed by atoms with van der Waals surface area (Å²) >= 11 is 5.79. The summed E-state index contributed by atoms with van der Waals surface area (Å²) in [5.41, 5.74) is 1.77. The molecule has 0 radical (unpaired) electrons. The Kier molecular flexibility index (Phi) is 4.46. The van der Waals surface area contributed by atoms with E-state index in [4.69, 9.17) is 16.7 Å². The van der Waals surface area contributed by atoms with Gasteiger partial charge in [0.2, 0.25) is 0 Å². The quantitative estimate of drug-likeness (QED) is 0.583. The molecule has 2 rings (SSSR count). The second kappa shape index (κ2) is 6.15. The van der Waals surface area contributed by atoms with Gasteiger partial charge in [0.1, 0.15) is 11.5 Å². The summed E-state index contributed by atoms with van der Waals surface area (Å²) in [5, 5.41) is 22.5. The van der Waals surface area contributed by atoms with Crippen molar-refractivity contribution in [3.8, 4) is 11.5 Å². The minimum Gasteiger partial charge on any atom is -0.508 e. The van der Waals surface area contributed by atoms with Crippen LogP contribution in [-0.4, -0.2) is 16.4 Å². The van der Waals surface area contributed by atoms with E-state index in [1.54, 1.807) is 0 Å². The molecule has 2 aromatic rings. The number of hydrazone groups is 1. The van der Waals surface area contributed by atoms with Crippen LogP contribution in [0.4, 0.5) is 18.9 Å². The van der Waals surface area contributed by atoms with Gasteiger partial charge in [-0.2, -0.15) is 18.3 Å². The third-order valence-electron chi connectivity index (χ3n) is 2.70. The molecule has 0 amide bonds. The fourth-order valence-corrected chi connectivity index (χ4v) is 1.76. The fourth-order valence-electron chi connectivity index (χ4n) is 1.60. The molecule has 0 unspecified atom stereocenters. The maximum atomic E-state index is 12.6. The first-order valence-corrected chi connectivity index (χ1v) is 6.33. The summed E-state index contributed by atoms with van der Waals surface area (Å²) in [6, 6.07) is 6.64. The second-order valence-electron chi connectivity index (χ2n) is 4.31. The summed E-state index contributed by atoms with van der Waals surface area (Å²) < 4.78 is 37.8. The molecule has 0 aromatic heterocycles. The average molecular weight is 331 g/mol. The number of nitrogens with one attached hydrogen (secondary N) is 1. The smallest absolute Gasteiger partial charge is 0.416 e. The summed E-state index contributed by atoms with van der Waals surface area (Å²) in [7, 11) is 0. The monoisotopic (exact) mass is 330 g/mol. The minimum atomic E-state index is -4.49. The van der Waals surface area contributed by atoms with Crippen LogP contribution in [0, 0.1) is 0 Å². The molecule has 0 aliphatic heterocycles. The van der Waals surface area contributed by atoms with Crippen molar-refractivity contribution >= 4 is 23.5 Å². The number of hydrogen-bond donors (Lipinski definition) is 3. The number of hydrogen-bond acceptors (Lipinski definition) is 4. The molecule has 22 heavy (non-hydrogen) atoms. The first-order chi connectivity index (χ1) is 10.3. The maximum Gasteiger partial charge on any atom is 0.416 e. The van der Waals surface area contributed by atoms with Crippen molar-refractivity contribution in [2.24, 2.45) is 5.10 Å². The van der Waals surface area contributed by atoms with Crippen molar-refractivity contribution in [2.75, 3.05) is 5.43 Å². The largest absolute Gasteiger partial charge is 0.508 e. The van der Waals surface area contributed by atoms with Gasteiger partial charge >= 0.3 is 6.18 Å². The molecule has 0 spiro atoms. The Morgan fingerprint density at radius 2 is 1.82 bits per heavy atom. The summed E-state index contributed by atoms with van der Waals surface area (Å²) in [6.45, 7) is 0. The van der Waals surface area contributed by atoms with Crippen molar-refractivity contribution in [2.45, 2.75) is 6.18 Å². The molecular formula is C14H10ClF3N2O2. The van der Waals surface area contributed by atoms with E-state index in [9.17, 15) is 18.3 Å². The molecule has 0 atom stereocenters. The lowest BCUT2D eigenvalue weighted by atomic mass is 10.2. The molecule has 0 saturated heterocycles. The van der Waals surface area contributed by atoms with Crippen LogP contribution in [0.2, 0.25) is 5.02 Å². The summed E-state index contributed by atoms with van der Waals surface area (Å²) in [4.78, 5) is 0. The molecule has 2 aromatic carbocycles. The van der Waals surface area contributed by atoms with E-state index >= 15 is 0 Å². The molecule has 0 bridgehead atoms. The van der Waals surface area contributed by atoms with Crippen LogP contribution in [0.3, 0.4) is 0 Å². The first-order valence-electron chi connectivity index (χ1n) is 5.95. The Morgan fingerprint density at radius 3 is 2.45 bits per heavy atom.